The normalized spacial score (nSPS) is 22.6. The summed E-state index contributed by atoms with van der Waals surface area (Å²) in [6.07, 6.45) is 7.87. The van der Waals surface area contributed by atoms with E-state index >= 15 is 0 Å². The van der Waals surface area contributed by atoms with Crippen molar-refractivity contribution >= 4 is 0 Å². The van der Waals surface area contributed by atoms with Crippen molar-refractivity contribution in [3.05, 3.63) is 18.0 Å². The minimum Gasteiger partial charge on any atom is -0.380 e. The van der Waals surface area contributed by atoms with E-state index in [-0.39, 0.29) is 6.04 Å². The molecule has 2 heterocycles. The fourth-order valence-corrected chi connectivity index (χ4v) is 2.84. The van der Waals surface area contributed by atoms with E-state index in [4.69, 9.17) is 10.5 Å². The lowest BCUT2D eigenvalue weighted by Crippen LogP contribution is -2.43. The van der Waals surface area contributed by atoms with E-state index in [0.29, 0.717) is 12.6 Å². The summed E-state index contributed by atoms with van der Waals surface area (Å²) in [6, 6.07) is 0.267. The molecule has 2 unspecified atom stereocenters. The molecule has 0 bridgehead atoms. The Morgan fingerprint density at radius 1 is 1.58 bits per heavy atom. The molecule has 5 nitrogen and oxygen atoms in total. The molecule has 1 aromatic heterocycles. The number of aromatic nitrogens is 2. The van der Waals surface area contributed by atoms with Crippen LogP contribution in [0.2, 0.25) is 0 Å². The van der Waals surface area contributed by atoms with Gasteiger partial charge in [-0.3, -0.25) is 9.58 Å². The van der Waals surface area contributed by atoms with Crippen molar-refractivity contribution in [2.24, 2.45) is 5.73 Å². The number of ether oxygens (including phenoxy) is 1. The third-order valence-corrected chi connectivity index (χ3v) is 3.90. The van der Waals surface area contributed by atoms with Crippen LogP contribution in [-0.2, 0) is 11.3 Å². The molecular formula is C14H26N4O. The van der Waals surface area contributed by atoms with Crippen LogP contribution in [0.25, 0.3) is 0 Å². The maximum Gasteiger partial charge on any atom is 0.0698 e. The summed E-state index contributed by atoms with van der Waals surface area (Å²) in [4.78, 5) is 2.44. The van der Waals surface area contributed by atoms with E-state index < -0.39 is 0 Å². The molecule has 1 aliphatic rings. The van der Waals surface area contributed by atoms with Gasteiger partial charge in [-0.25, -0.2) is 0 Å². The Labute approximate surface area is 115 Å². The van der Waals surface area contributed by atoms with Gasteiger partial charge in [-0.05, 0) is 25.8 Å². The Bertz CT molecular complexity index is 379. The number of nitrogens with two attached hydrogens (primary N) is 1. The van der Waals surface area contributed by atoms with Crippen LogP contribution in [0, 0.1) is 0 Å². The minimum atomic E-state index is 0.267. The lowest BCUT2D eigenvalue weighted by atomic mass is 10.0. The predicted octanol–water partition coefficient (Wildman–Crippen LogP) is 1.40. The van der Waals surface area contributed by atoms with Crippen LogP contribution in [0.4, 0.5) is 0 Å². The second kappa shape index (κ2) is 7.03. The molecule has 0 saturated carbocycles. The number of hydrogen-bond donors (Lipinski definition) is 1. The maximum atomic E-state index is 5.99. The summed E-state index contributed by atoms with van der Waals surface area (Å²) in [5.74, 6) is 0. The van der Waals surface area contributed by atoms with Crippen molar-refractivity contribution in [1.82, 2.24) is 14.7 Å². The fraction of sp³-hybridized carbons (Fsp3) is 0.786. The van der Waals surface area contributed by atoms with Crippen molar-refractivity contribution in [1.29, 1.82) is 0 Å². The first kappa shape index (κ1) is 14.5. The van der Waals surface area contributed by atoms with E-state index in [1.54, 1.807) is 7.11 Å². The number of methoxy groups -OCH3 is 1. The highest BCUT2D eigenvalue weighted by Gasteiger charge is 2.26. The molecule has 108 valence electrons. The summed E-state index contributed by atoms with van der Waals surface area (Å²) in [5, 5.41) is 4.41. The molecule has 2 N–H and O–H groups in total. The van der Waals surface area contributed by atoms with Crippen molar-refractivity contribution in [3.63, 3.8) is 0 Å². The van der Waals surface area contributed by atoms with Gasteiger partial charge in [0.2, 0.25) is 0 Å². The van der Waals surface area contributed by atoms with Crippen molar-refractivity contribution < 1.29 is 4.74 Å². The molecule has 1 fully saturated rings. The van der Waals surface area contributed by atoms with Crippen LogP contribution < -0.4 is 5.73 Å². The van der Waals surface area contributed by atoms with Crippen LogP contribution in [0.1, 0.15) is 37.8 Å². The first-order valence-electron chi connectivity index (χ1n) is 7.27. The predicted molar refractivity (Wildman–Crippen MR) is 75.9 cm³/mol. The largest absolute Gasteiger partial charge is 0.380 e. The van der Waals surface area contributed by atoms with Crippen LogP contribution in [0.15, 0.2) is 12.4 Å². The maximum absolute atomic E-state index is 5.99. The molecule has 1 saturated heterocycles. The molecule has 0 aliphatic carbocycles. The molecule has 0 radical (unpaired) electrons. The zero-order chi connectivity index (χ0) is 13.7. The third kappa shape index (κ3) is 3.55. The number of aryl methyl sites for hydroxylation is 1. The minimum absolute atomic E-state index is 0.267. The highest BCUT2D eigenvalue weighted by molar-refractivity contribution is 5.12. The Morgan fingerprint density at radius 2 is 2.42 bits per heavy atom. The third-order valence-electron chi connectivity index (χ3n) is 3.90. The van der Waals surface area contributed by atoms with Gasteiger partial charge in [0.05, 0.1) is 18.3 Å². The lowest BCUT2D eigenvalue weighted by Gasteiger charge is -2.36. The Kier molecular flexibility index (Phi) is 5.36. The van der Waals surface area contributed by atoms with E-state index in [1.165, 1.54) is 12.0 Å². The van der Waals surface area contributed by atoms with Gasteiger partial charge in [0.1, 0.15) is 0 Å². The molecule has 0 spiro atoms. The summed E-state index contributed by atoms with van der Waals surface area (Å²) in [7, 11) is 1.80. The zero-order valence-corrected chi connectivity index (χ0v) is 12.1. The molecule has 2 atom stereocenters. The summed E-state index contributed by atoms with van der Waals surface area (Å²) in [6.45, 7) is 5.83. The van der Waals surface area contributed by atoms with Crippen LogP contribution >= 0.6 is 0 Å². The highest BCUT2D eigenvalue weighted by atomic mass is 16.5. The van der Waals surface area contributed by atoms with Gasteiger partial charge in [0.25, 0.3) is 0 Å². The second-order valence-electron chi connectivity index (χ2n) is 5.28. The fourth-order valence-electron chi connectivity index (χ4n) is 2.84. The summed E-state index contributed by atoms with van der Waals surface area (Å²) >= 11 is 0. The van der Waals surface area contributed by atoms with Gasteiger partial charge in [0, 0.05) is 38.5 Å². The van der Waals surface area contributed by atoms with Gasteiger partial charge in [-0.2, -0.15) is 5.10 Å². The topological polar surface area (TPSA) is 56.3 Å². The van der Waals surface area contributed by atoms with Crippen molar-refractivity contribution in [3.8, 4) is 0 Å². The Hall–Kier alpha value is -0.910. The van der Waals surface area contributed by atoms with Gasteiger partial charge in [-0.1, -0.05) is 6.92 Å². The van der Waals surface area contributed by atoms with E-state index in [9.17, 15) is 0 Å². The molecule has 5 heteroatoms. The number of nitrogens with zero attached hydrogens (tertiary/aromatic N) is 3. The van der Waals surface area contributed by atoms with Crippen molar-refractivity contribution in [2.75, 3.05) is 26.7 Å². The molecular weight excluding hydrogens is 240 g/mol. The second-order valence-corrected chi connectivity index (χ2v) is 5.28. The Balaban J connectivity index is 2.05. The lowest BCUT2D eigenvalue weighted by molar-refractivity contribution is 0.0155. The number of rotatable bonds is 6. The summed E-state index contributed by atoms with van der Waals surface area (Å²) in [5.41, 5.74) is 7.22. The summed E-state index contributed by atoms with van der Waals surface area (Å²) < 4.78 is 7.50. The zero-order valence-electron chi connectivity index (χ0n) is 12.1. The van der Waals surface area contributed by atoms with Crippen molar-refractivity contribution in [2.45, 2.75) is 44.9 Å². The number of likely N-dealkylation sites (tertiary alicyclic amines) is 1. The molecule has 1 aromatic rings. The first-order valence-corrected chi connectivity index (χ1v) is 7.27. The standard InChI is InChI=1S/C14H26N4O/c1-3-6-18-10-12(9-16-18)14(8-15)17-7-4-5-13(11-17)19-2/h9-10,13-14H,3-8,11,15H2,1-2H3. The number of piperidine rings is 1. The van der Waals surface area contributed by atoms with Gasteiger partial charge in [0.15, 0.2) is 0 Å². The van der Waals surface area contributed by atoms with E-state index in [1.807, 2.05) is 10.9 Å². The smallest absolute Gasteiger partial charge is 0.0698 e. The van der Waals surface area contributed by atoms with Crippen LogP contribution in [0.5, 0.6) is 0 Å². The Morgan fingerprint density at radius 3 is 3.11 bits per heavy atom. The highest BCUT2D eigenvalue weighted by Crippen LogP contribution is 2.24. The van der Waals surface area contributed by atoms with Gasteiger partial charge >= 0.3 is 0 Å². The molecule has 2 rings (SSSR count). The molecule has 19 heavy (non-hydrogen) atoms. The molecule has 0 amide bonds. The molecule has 0 aromatic carbocycles. The van der Waals surface area contributed by atoms with Gasteiger partial charge in [-0.15, -0.1) is 0 Å². The van der Waals surface area contributed by atoms with Crippen LogP contribution in [0.3, 0.4) is 0 Å². The number of hydrogen-bond acceptors (Lipinski definition) is 4. The quantitative estimate of drug-likeness (QED) is 0.845. The average molecular weight is 266 g/mol. The van der Waals surface area contributed by atoms with Crippen LogP contribution in [-0.4, -0.2) is 47.5 Å². The monoisotopic (exact) mass is 266 g/mol. The van der Waals surface area contributed by atoms with E-state index in [2.05, 4.69) is 23.1 Å². The van der Waals surface area contributed by atoms with E-state index in [0.717, 1.165) is 32.5 Å². The first-order chi connectivity index (χ1) is 9.28. The SMILES string of the molecule is CCCn1cc(C(CN)N2CCCC(OC)C2)cn1. The van der Waals surface area contributed by atoms with Gasteiger partial charge < -0.3 is 10.5 Å². The molecule has 1 aliphatic heterocycles. The average Bonchev–Trinajstić information content (AvgIpc) is 2.89.